The monoisotopic (exact) mass is 254 g/mol. The number of benzene rings is 1. The van der Waals surface area contributed by atoms with Crippen LogP contribution in [0.2, 0.25) is 0 Å². The summed E-state index contributed by atoms with van der Waals surface area (Å²) in [5.74, 6) is 0.813. The van der Waals surface area contributed by atoms with E-state index in [-0.39, 0.29) is 0 Å². The Kier molecular flexibility index (Phi) is 3.79. The van der Waals surface area contributed by atoms with Gasteiger partial charge in [-0.3, -0.25) is 4.98 Å². The van der Waals surface area contributed by atoms with E-state index in [1.54, 1.807) is 0 Å². The summed E-state index contributed by atoms with van der Waals surface area (Å²) in [7, 11) is 0. The van der Waals surface area contributed by atoms with E-state index in [1.807, 2.05) is 12.3 Å². The summed E-state index contributed by atoms with van der Waals surface area (Å²) in [6.45, 7) is 3.33. The molecule has 2 aromatic rings. The van der Waals surface area contributed by atoms with Gasteiger partial charge in [0, 0.05) is 17.6 Å². The molecule has 3 rings (SSSR count). The lowest BCUT2D eigenvalue weighted by atomic mass is 9.77. The van der Waals surface area contributed by atoms with Gasteiger partial charge in [0.1, 0.15) is 0 Å². The van der Waals surface area contributed by atoms with Crippen LogP contribution < -0.4 is 5.32 Å². The van der Waals surface area contributed by atoms with Gasteiger partial charge in [0.15, 0.2) is 0 Å². The number of hydrogen-bond donors (Lipinski definition) is 1. The van der Waals surface area contributed by atoms with E-state index >= 15 is 0 Å². The molecule has 19 heavy (non-hydrogen) atoms. The summed E-state index contributed by atoms with van der Waals surface area (Å²) in [4.78, 5) is 4.48. The minimum Gasteiger partial charge on any atom is -0.310 e. The molecule has 1 N–H and O–H groups in total. The molecule has 0 saturated heterocycles. The van der Waals surface area contributed by atoms with Gasteiger partial charge in [0.2, 0.25) is 0 Å². The van der Waals surface area contributed by atoms with Crippen molar-refractivity contribution in [2.45, 2.75) is 38.6 Å². The lowest BCUT2D eigenvalue weighted by molar-refractivity contribution is 0.231. The highest BCUT2D eigenvalue weighted by molar-refractivity contribution is 5.79. The first-order chi connectivity index (χ1) is 9.38. The second-order valence-electron chi connectivity index (χ2n) is 5.58. The van der Waals surface area contributed by atoms with Crippen LogP contribution >= 0.6 is 0 Å². The minimum atomic E-state index is 0.514. The van der Waals surface area contributed by atoms with Crippen molar-refractivity contribution in [1.29, 1.82) is 0 Å². The maximum atomic E-state index is 4.48. The minimum absolute atomic E-state index is 0.514. The molecule has 100 valence electrons. The Bertz CT molecular complexity index is 546. The normalized spacial score (nSPS) is 17.3. The molecule has 0 spiro atoms. The molecule has 1 aliphatic rings. The number of aromatic nitrogens is 1. The molecule has 0 bridgehead atoms. The first kappa shape index (κ1) is 12.6. The molecule has 1 heterocycles. The first-order valence-corrected chi connectivity index (χ1v) is 7.46. The van der Waals surface area contributed by atoms with E-state index in [2.05, 4.69) is 41.5 Å². The SMILES string of the molecule is CCCNC(c1ccc2cccnc2c1)C1CCC1. The smallest absolute Gasteiger partial charge is 0.0705 e. The summed E-state index contributed by atoms with van der Waals surface area (Å²) in [5, 5.41) is 4.96. The van der Waals surface area contributed by atoms with Crippen LogP contribution in [0.15, 0.2) is 36.5 Å². The molecule has 1 aliphatic carbocycles. The molecule has 2 nitrogen and oxygen atoms in total. The summed E-state index contributed by atoms with van der Waals surface area (Å²) >= 11 is 0. The largest absolute Gasteiger partial charge is 0.310 e. The van der Waals surface area contributed by atoms with Crippen LogP contribution in [0.4, 0.5) is 0 Å². The van der Waals surface area contributed by atoms with E-state index in [0.29, 0.717) is 6.04 Å². The van der Waals surface area contributed by atoms with Crippen molar-refractivity contribution in [3.63, 3.8) is 0 Å². The fourth-order valence-corrected chi connectivity index (χ4v) is 2.91. The average Bonchev–Trinajstić information content (AvgIpc) is 2.40. The molecule has 2 heteroatoms. The fraction of sp³-hybridized carbons (Fsp3) is 0.471. The predicted octanol–water partition coefficient (Wildman–Crippen LogP) is 4.08. The number of hydrogen-bond acceptors (Lipinski definition) is 2. The average molecular weight is 254 g/mol. The number of pyridine rings is 1. The topological polar surface area (TPSA) is 24.9 Å². The number of nitrogens with zero attached hydrogens (tertiary/aromatic N) is 1. The predicted molar refractivity (Wildman–Crippen MR) is 80.1 cm³/mol. The second-order valence-corrected chi connectivity index (χ2v) is 5.58. The van der Waals surface area contributed by atoms with Crippen molar-refractivity contribution in [2.75, 3.05) is 6.54 Å². The zero-order valence-electron chi connectivity index (χ0n) is 11.6. The van der Waals surface area contributed by atoms with Crippen molar-refractivity contribution in [1.82, 2.24) is 10.3 Å². The lowest BCUT2D eigenvalue weighted by Crippen LogP contribution is -2.32. The number of fused-ring (bicyclic) bond motifs is 1. The molecule has 0 amide bonds. The fourth-order valence-electron chi connectivity index (χ4n) is 2.91. The Hall–Kier alpha value is -1.41. The van der Waals surface area contributed by atoms with Crippen LogP contribution in [0.3, 0.4) is 0 Å². The van der Waals surface area contributed by atoms with Crippen molar-refractivity contribution in [3.05, 3.63) is 42.1 Å². The number of nitrogens with one attached hydrogen (secondary N) is 1. The molecule has 1 aromatic heterocycles. The van der Waals surface area contributed by atoms with E-state index in [9.17, 15) is 0 Å². The first-order valence-electron chi connectivity index (χ1n) is 7.46. The Morgan fingerprint density at radius 1 is 1.32 bits per heavy atom. The second kappa shape index (κ2) is 5.70. The summed E-state index contributed by atoms with van der Waals surface area (Å²) in [6, 6.07) is 11.4. The van der Waals surface area contributed by atoms with E-state index in [4.69, 9.17) is 0 Å². The van der Waals surface area contributed by atoms with Gasteiger partial charge in [-0.05, 0) is 49.4 Å². The van der Waals surface area contributed by atoms with Gasteiger partial charge >= 0.3 is 0 Å². The van der Waals surface area contributed by atoms with Gasteiger partial charge in [-0.15, -0.1) is 0 Å². The Balaban J connectivity index is 1.89. The third-order valence-corrected chi connectivity index (χ3v) is 4.22. The Morgan fingerprint density at radius 3 is 2.95 bits per heavy atom. The van der Waals surface area contributed by atoms with Crippen molar-refractivity contribution in [2.24, 2.45) is 5.92 Å². The summed E-state index contributed by atoms with van der Waals surface area (Å²) in [6.07, 6.45) is 7.18. The molecular weight excluding hydrogens is 232 g/mol. The molecule has 1 aromatic carbocycles. The van der Waals surface area contributed by atoms with Gasteiger partial charge in [0.05, 0.1) is 5.52 Å². The van der Waals surface area contributed by atoms with Gasteiger partial charge in [-0.2, -0.15) is 0 Å². The van der Waals surface area contributed by atoms with E-state index < -0.39 is 0 Å². The van der Waals surface area contributed by atoms with E-state index in [0.717, 1.165) is 18.0 Å². The molecule has 1 atom stereocenters. The van der Waals surface area contributed by atoms with Crippen LogP contribution in [0.1, 0.15) is 44.2 Å². The van der Waals surface area contributed by atoms with Gasteiger partial charge in [-0.1, -0.05) is 31.5 Å². The van der Waals surface area contributed by atoms with Crippen LogP contribution in [-0.2, 0) is 0 Å². The highest BCUT2D eigenvalue weighted by atomic mass is 14.9. The standard InChI is InChI=1S/C17H22N2/c1-2-10-19-17(14-5-3-6-14)15-9-8-13-7-4-11-18-16(13)12-15/h4,7-9,11-12,14,17,19H,2-3,5-6,10H2,1H3. The maximum absolute atomic E-state index is 4.48. The Morgan fingerprint density at radius 2 is 2.21 bits per heavy atom. The number of rotatable bonds is 5. The third-order valence-electron chi connectivity index (χ3n) is 4.22. The highest BCUT2D eigenvalue weighted by Crippen LogP contribution is 2.38. The molecular formula is C17H22N2. The molecule has 1 saturated carbocycles. The van der Waals surface area contributed by atoms with Crippen molar-refractivity contribution in [3.8, 4) is 0 Å². The molecule has 1 unspecified atom stereocenters. The maximum Gasteiger partial charge on any atom is 0.0705 e. The zero-order valence-corrected chi connectivity index (χ0v) is 11.6. The summed E-state index contributed by atoms with van der Waals surface area (Å²) in [5.41, 5.74) is 2.52. The highest BCUT2D eigenvalue weighted by Gasteiger charge is 2.28. The molecule has 0 aliphatic heterocycles. The Labute approximate surface area is 115 Å². The summed E-state index contributed by atoms with van der Waals surface area (Å²) < 4.78 is 0. The van der Waals surface area contributed by atoms with Crippen LogP contribution in [0.5, 0.6) is 0 Å². The van der Waals surface area contributed by atoms with E-state index in [1.165, 1.54) is 36.6 Å². The van der Waals surface area contributed by atoms with Crippen LogP contribution in [0, 0.1) is 5.92 Å². The van der Waals surface area contributed by atoms with Crippen LogP contribution in [0.25, 0.3) is 10.9 Å². The van der Waals surface area contributed by atoms with Gasteiger partial charge < -0.3 is 5.32 Å². The zero-order chi connectivity index (χ0) is 13.1. The van der Waals surface area contributed by atoms with Crippen molar-refractivity contribution >= 4 is 10.9 Å². The molecule has 1 fully saturated rings. The third kappa shape index (κ3) is 2.64. The quantitative estimate of drug-likeness (QED) is 0.869. The van der Waals surface area contributed by atoms with Crippen molar-refractivity contribution < 1.29 is 0 Å². The van der Waals surface area contributed by atoms with Gasteiger partial charge in [-0.25, -0.2) is 0 Å². The van der Waals surface area contributed by atoms with Gasteiger partial charge in [0.25, 0.3) is 0 Å². The van der Waals surface area contributed by atoms with Crippen LogP contribution in [-0.4, -0.2) is 11.5 Å². The lowest BCUT2D eigenvalue weighted by Gasteiger charge is -2.35. The molecule has 0 radical (unpaired) electrons.